The maximum Gasteiger partial charge on any atom is 0.252 e. The summed E-state index contributed by atoms with van der Waals surface area (Å²) < 4.78 is 5.60. The molecule has 0 saturated carbocycles. The van der Waals surface area contributed by atoms with Gasteiger partial charge in [-0.25, -0.2) is 0 Å². The second-order valence-corrected chi connectivity index (χ2v) is 9.13. The molecule has 1 N–H and O–H groups in total. The van der Waals surface area contributed by atoms with Crippen LogP contribution in [0.3, 0.4) is 0 Å². The molecule has 36 heavy (non-hydrogen) atoms. The predicted octanol–water partition coefficient (Wildman–Crippen LogP) is 5.04. The third-order valence-electron chi connectivity index (χ3n) is 6.06. The van der Waals surface area contributed by atoms with Gasteiger partial charge in [-0.3, -0.25) is 14.5 Å². The standard InChI is InChI=1S/C29H31N3O3S/c1-2-19-35-25-15-13-24(14-16-25)30-27(33)20-26-28(34)31(18-17-22-9-5-3-6-10-22)29(36)32(26)21-23-11-7-4-8-12-23/h3-16,26H,2,17-21H2,1H3,(H,30,33). The molecule has 1 unspecified atom stereocenters. The minimum atomic E-state index is -0.652. The van der Waals surface area contributed by atoms with Crippen molar-refractivity contribution >= 4 is 34.8 Å². The molecule has 3 aromatic carbocycles. The van der Waals surface area contributed by atoms with Gasteiger partial charge >= 0.3 is 0 Å². The van der Waals surface area contributed by atoms with Crippen molar-refractivity contribution in [3.05, 3.63) is 96.1 Å². The van der Waals surface area contributed by atoms with Crippen LogP contribution in [-0.2, 0) is 22.6 Å². The van der Waals surface area contributed by atoms with Crippen molar-refractivity contribution in [3.63, 3.8) is 0 Å². The summed E-state index contributed by atoms with van der Waals surface area (Å²) in [5, 5.41) is 3.38. The summed E-state index contributed by atoms with van der Waals surface area (Å²) in [5.74, 6) is 0.390. The van der Waals surface area contributed by atoms with Crippen LogP contribution in [0.15, 0.2) is 84.9 Å². The summed E-state index contributed by atoms with van der Waals surface area (Å²) >= 11 is 5.75. The Kier molecular flexibility index (Phi) is 8.68. The van der Waals surface area contributed by atoms with Gasteiger partial charge in [-0.05, 0) is 60.5 Å². The third kappa shape index (κ3) is 6.49. The van der Waals surface area contributed by atoms with E-state index in [2.05, 4.69) is 12.2 Å². The smallest absolute Gasteiger partial charge is 0.252 e. The average Bonchev–Trinajstić information content (AvgIpc) is 3.11. The van der Waals surface area contributed by atoms with E-state index < -0.39 is 6.04 Å². The van der Waals surface area contributed by atoms with Crippen molar-refractivity contribution in [2.75, 3.05) is 18.5 Å². The third-order valence-corrected chi connectivity index (χ3v) is 6.51. The zero-order chi connectivity index (χ0) is 25.3. The van der Waals surface area contributed by atoms with Crippen molar-refractivity contribution in [1.29, 1.82) is 0 Å². The molecule has 2 amide bonds. The SMILES string of the molecule is CCCOc1ccc(NC(=O)CC2C(=O)N(CCc3ccccc3)C(=S)N2Cc2ccccc2)cc1. The molecule has 0 radical (unpaired) electrons. The highest BCUT2D eigenvalue weighted by molar-refractivity contribution is 7.80. The Hall–Kier alpha value is -3.71. The molecule has 0 spiro atoms. The van der Waals surface area contributed by atoms with Crippen LogP contribution in [0.5, 0.6) is 5.75 Å². The quantitative estimate of drug-likeness (QED) is 0.373. The highest BCUT2D eigenvalue weighted by Gasteiger charge is 2.43. The van der Waals surface area contributed by atoms with Crippen molar-refractivity contribution < 1.29 is 14.3 Å². The van der Waals surface area contributed by atoms with E-state index in [0.29, 0.717) is 36.9 Å². The molecule has 0 aromatic heterocycles. The summed E-state index contributed by atoms with van der Waals surface area (Å²) in [4.78, 5) is 30.0. The van der Waals surface area contributed by atoms with E-state index >= 15 is 0 Å². The minimum absolute atomic E-state index is 0.0156. The number of amides is 2. The van der Waals surface area contributed by atoms with Gasteiger partial charge in [0.15, 0.2) is 5.11 Å². The first-order chi connectivity index (χ1) is 17.5. The molecule has 1 saturated heterocycles. The van der Waals surface area contributed by atoms with Crippen molar-refractivity contribution in [1.82, 2.24) is 9.80 Å². The van der Waals surface area contributed by atoms with E-state index in [1.54, 1.807) is 17.0 Å². The van der Waals surface area contributed by atoms with Gasteiger partial charge in [0.1, 0.15) is 11.8 Å². The molecule has 0 bridgehead atoms. The first-order valence-electron chi connectivity index (χ1n) is 12.3. The molecule has 186 valence electrons. The van der Waals surface area contributed by atoms with Gasteiger partial charge in [0, 0.05) is 18.8 Å². The van der Waals surface area contributed by atoms with Gasteiger partial charge in [0.2, 0.25) is 5.91 Å². The molecule has 7 heteroatoms. The van der Waals surface area contributed by atoms with E-state index in [0.717, 1.165) is 23.3 Å². The van der Waals surface area contributed by atoms with Crippen molar-refractivity contribution in [2.45, 2.75) is 38.8 Å². The van der Waals surface area contributed by atoms with Crippen LogP contribution in [0.25, 0.3) is 0 Å². The van der Waals surface area contributed by atoms with Gasteiger partial charge in [0.05, 0.1) is 13.0 Å². The number of anilines is 1. The molecular weight excluding hydrogens is 470 g/mol. The number of nitrogens with one attached hydrogen (secondary N) is 1. The number of rotatable bonds is 11. The molecule has 1 atom stereocenters. The van der Waals surface area contributed by atoms with Gasteiger partial charge in [0.25, 0.3) is 5.91 Å². The lowest BCUT2D eigenvalue weighted by atomic mass is 10.1. The fourth-order valence-electron chi connectivity index (χ4n) is 4.18. The lowest BCUT2D eigenvalue weighted by molar-refractivity contribution is -0.130. The van der Waals surface area contributed by atoms with E-state index in [1.807, 2.05) is 77.7 Å². The maximum absolute atomic E-state index is 13.5. The van der Waals surface area contributed by atoms with Crippen LogP contribution in [0.4, 0.5) is 5.69 Å². The van der Waals surface area contributed by atoms with E-state index in [4.69, 9.17) is 17.0 Å². The van der Waals surface area contributed by atoms with Crippen LogP contribution in [-0.4, -0.2) is 45.9 Å². The molecule has 1 fully saturated rings. The monoisotopic (exact) mass is 501 g/mol. The Morgan fingerprint density at radius 2 is 1.58 bits per heavy atom. The lowest BCUT2D eigenvalue weighted by Gasteiger charge is -2.24. The Morgan fingerprint density at radius 1 is 0.944 bits per heavy atom. The molecule has 1 aliphatic rings. The molecule has 4 rings (SSSR count). The number of ether oxygens (including phenoxy) is 1. The van der Waals surface area contributed by atoms with Crippen LogP contribution >= 0.6 is 12.2 Å². The minimum Gasteiger partial charge on any atom is -0.494 e. The largest absolute Gasteiger partial charge is 0.494 e. The molecule has 6 nitrogen and oxygen atoms in total. The van der Waals surface area contributed by atoms with Crippen LogP contribution in [0.1, 0.15) is 30.9 Å². The van der Waals surface area contributed by atoms with Gasteiger partial charge in [-0.1, -0.05) is 67.6 Å². The predicted molar refractivity (Wildman–Crippen MR) is 146 cm³/mol. The summed E-state index contributed by atoms with van der Waals surface area (Å²) in [6.07, 6.45) is 1.64. The van der Waals surface area contributed by atoms with E-state index in [9.17, 15) is 9.59 Å². The second kappa shape index (κ2) is 12.3. The van der Waals surface area contributed by atoms with Crippen molar-refractivity contribution in [3.8, 4) is 5.75 Å². The Morgan fingerprint density at radius 3 is 2.22 bits per heavy atom. The van der Waals surface area contributed by atoms with Crippen molar-refractivity contribution in [2.24, 2.45) is 0 Å². The summed E-state index contributed by atoms with van der Waals surface area (Å²) in [6, 6.07) is 26.5. The first kappa shape index (κ1) is 25.4. The van der Waals surface area contributed by atoms with Crippen LogP contribution in [0.2, 0.25) is 0 Å². The topological polar surface area (TPSA) is 61.9 Å². The number of hydrogen-bond donors (Lipinski definition) is 1. The molecule has 1 heterocycles. The molecule has 3 aromatic rings. The van der Waals surface area contributed by atoms with Gasteiger partial charge < -0.3 is 15.0 Å². The summed E-state index contributed by atoms with van der Waals surface area (Å²) in [7, 11) is 0. The highest BCUT2D eigenvalue weighted by Crippen LogP contribution is 2.25. The van der Waals surface area contributed by atoms with Gasteiger partial charge in [-0.2, -0.15) is 0 Å². The number of hydrogen-bond acceptors (Lipinski definition) is 4. The highest BCUT2D eigenvalue weighted by atomic mass is 32.1. The summed E-state index contributed by atoms with van der Waals surface area (Å²) in [6.45, 7) is 3.64. The lowest BCUT2D eigenvalue weighted by Crippen LogP contribution is -2.37. The molecule has 1 aliphatic heterocycles. The van der Waals surface area contributed by atoms with E-state index in [-0.39, 0.29) is 18.2 Å². The fraction of sp³-hybridized carbons (Fsp3) is 0.276. The normalized spacial score (nSPS) is 15.3. The average molecular weight is 502 g/mol. The Labute approximate surface area is 217 Å². The Balaban J connectivity index is 1.45. The fourth-order valence-corrected chi connectivity index (χ4v) is 4.56. The molecule has 0 aliphatic carbocycles. The number of thiocarbonyl (C=S) groups is 1. The zero-order valence-corrected chi connectivity index (χ0v) is 21.2. The first-order valence-corrected chi connectivity index (χ1v) is 12.7. The maximum atomic E-state index is 13.5. The summed E-state index contributed by atoms with van der Waals surface area (Å²) in [5.41, 5.74) is 2.83. The number of nitrogens with zero attached hydrogens (tertiary/aromatic N) is 2. The zero-order valence-electron chi connectivity index (χ0n) is 20.4. The van der Waals surface area contributed by atoms with Crippen LogP contribution in [0, 0.1) is 0 Å². The van der Waals surface area contributed by atoms with E-state index in [1.165, 1.54) is 0 Å². The molecular formula is C29H31N3O3S. The number of carbonyl (C=O) groups excluding carboxylic acids is 2. The number of carbonyl (C=O) groups is 2. The van der Waals surface area contributed by atoms with Gasteiger partial charge in [-0.15, -0.1) is 0 Å². The second-order valence-electron chi connectivity index (χ2n) is 8.76. The van der Waals surface area contributed by atoms with Crippen LogP contribution < -0.4 is 10.1 Å². The Bertz CT molecular complexity index is 1170. The number of benzene rings is 3.